The van der Waals surface area contributed by atoms with Gasteiger partial charge in [-0.25, -0.2) is 4.98 Å². The van der Waals surface area contributed by atoms with Crippen molar-refractivity contribution in [1.82, 2.24) is 4.98 Å². The minimum absolute atomic E-state index is 0.144. The number of hydrogen-bond donors (Lipinski definition) is 2. The van der Waals surface area contributed by atoms with Gasteiger partial charge in [-0.1, -0.05) is 11.3 Å². The summed E-state index contributed by atoms with van der Waals surface area (Å²) in [4.78, 5) is 15.4. The molecule has 1 aromatic rings. The first-order valence-electron chi connectivity index (χ1n) is 4.29. The summed E-state index contributed by atoms with van der Waals surface area (Å²) in [7, 11) is 1.53. The molecule has 0 saturated heterocycles. The number of halogens is 1. The minimum atomic E-state index is -0.242. The van der Waals surface area contributed by atoms with E-state index in [0.29, 0.717) is 11.7 Å². The van der Waals surface area contributed by atoms with Crippen LogP contribution in [0.1, 0.15) is 6.42 Å². The fraction of sp³-hybridized carbons (Fsp3) is 0.500. The van der Waals surface area contributed by atoms with Gasteiger partial charge in [0.15, 0.2) is 5.13 Å². The zero-order valence-corrected chi connectivity index (χ0v) is 10.6. The van der Waals surface area contributed by atoms with E-state index in [9.17, 15) is 4.79 Å². The van der Waals surface area contributed by atoms with Gasteiger partial charge >= 0.3 is 0 Å². The maximum Gasteiger partial charge on any atom is 0.228 e. The largest absolute Gasteiger partial charge is 0.380 e. The van der Waals surface area contributed by atoms with Crippen LogP contribution in [0.4, 0.5) is 5.13 Å². The van der Waals surface area contributed by atoms with Crippen LogP contribution in [0.15, 0.2) is 9.98 Å². The average molecular weight is 294 g/mol. The Morgan fingerprint density at radius 2 is 2.60 bits per heavy atom. The van der Waals surface area contributed by atoms with Gasteiger partial charge in [0.1, 0.15) is 0 Å². The number of anilines is 1. The van der Waals surface area contributed by atoms with Crippen molar-refractivity contribution in [2.75, 3.05) is 19.0 Å². The second-order valence-electron chi connectivity index (χ2n) is 2.82. The van der Waals surface area contributed by atoms with E-state index in [1.54, 1.807) is 6.20 Å². The summed E-state index contributed by atoms with van der Waals surface area (Å²) in [6, 6.07) is 0. The van der Waals surface area contributed by atoms with Crippen molar-refractivity contribution >= 4 is 38.3 Å². The van der Waals surface area contributed by atoms with Crippen LogP contribution >= 0.6 is 27.3 Å². The van der Waals surface area contributed by atoms with E-state index in [1.807, 2.05) is 0 Å². The molecule has 0 bridgehead atoms. The number of aromatic nitrogens is 1. The van der Waals surface area contributed by atoms with Crippen LogP contribution in [-0.2, 0) is 9.53 Å². The van der Waals surface area contributed by atoms with E-state index in [-0.39, 0.29) is 18.4 Å². The van der Waals surface area contributed by atoms with Crippen LogP contribution in [0.25, 0.3) is 0 Å². The molecule has 0 saturated carbocycles. The predicted octanol–water partition coefficient (Wildman–Crippen LogP) is 1.21. The van der Waals surface area contributed by atoms with E-state index in [2.05, 4.69) is 26.2 Å². The van der Waals surface area contributed by atoms with Gasteiger partial charge < -0.3 is 15.8 Å². The third-order valence-electron chi connectivity index (χ3n) is 1.73. The Morgan fingerprint density at radius 1 is 1.87 bits per heavy atom. The van der Waals surface area contributed by atoms with Gasteiger partial charge in [0, 0.05) is 13.7 Å². The summed E-state index contributed by atoms with van der Waals surface area (Å²) >= 11 is 4.62. The lowest BCUT2D eigenvalue weighted by Crippen LogP contribution is -2.28. The maximum atomic E-state index is 11.5. The van der Waals surface area contributed by atoms with Gasteiger partial charge in [-0.2, -0.15) is 0 Å². The van der Waals surface area contributed by atoms with Crippen molar-refractivity contribution in [3.63, 3.8) is 0 Å². The average Bonchev–Trinajstić information content (AvgIpc) is 2.60. The lowest BCUT2D eigenvalue weighted by molar-refractivity contribution is -0.118. The molecule has 15 heavy (non-hydrogen) atoms. The Morgan fingerprint density at radius 3 is 3.07 bits per heavy atom. The van der Waals surface area contributed by atoms with Crippen molar-refractivity contribution in [2.24, 2.45) is 5.73 Å². The number of amides is 1. The number of hydrogen-bond acceptors (Lipinski definition) is 5. The molecule has 0 spiro atoms. The Labute approximate surface area is 100 Å². The van der Waals surface area contributed by atoms with E-state index in [1.165, 1.54) is 18.4 Å². The predicted molar refractivity (Wildman–Crippen MR) is 62.9 cm³/mol. The van der Waals surface area contributed by atoms with Gasteiger partial charge in [0.05, 0.1) is 22.5 Å². The molecule has 3 N–H and O–H groups in total. The highest BCUT2D eigenvalue weighted by Gasteiger charge is 2.12. The summed E-state index contributed by atoms with van der Waals surface area (Å²) < 4.78 is 5.88. The fourth-order valence-electron chi connectivity index (χ4n) is 0.952. The van der Waals surface area contributed by atoms with E-state index >= 15 is 0 Å². The summed E-state index contributed by atoms with van der Waals surface area (Å²) in [5, 5.41) is 3.23. The van der Waals surface area contributed by atoms with Crippen LogP contribution in [0.5, 0.6) is 0 Å². The molecule has 7 heteroatoms. The van der Waals surface area contributed by atoms with Gasteiger partial charge in [0.25, 0.3) is 0 Å². The zero-order valence-electron chi connectivity index (χ0n) is 8.20. The number of ether oxygens (including phenoxy) is 1. The molecule has 1 heterocycles. The molecule has 0 radical (unpaired) electrons. The molecule has 1 atom stereocenters. The molecule has 0 aliphatic rings. The fourth-order valence-corrected chi connectivity index (χ4v) is 2.07. The Kier molecular flexibility index (Phi) is 5.16. The monoisotopic (exact) mass is 293 g/mol. The number of nitrogens with two attached hydrogens (primary N) is 1. The quantitative estimate of drug-likeness (QED) is 0.855. The number of carbonyl (C=O) groups excluding carboxylic acids is 1. The van der Waals surface area contributed by atoms with E-state index in [0.717, 1.165) is 3.79 Å². The lowest BCUT2D eigenvalue weighted by Gasteiger charge is -2.11. The van der Waals surface area contributed by atoms with Crippen LogP contribution < -0.4 is 11.1 Å². The molecular formula is C8H12BrN3O2S. The first-order chi connectivity index (χ1) is 7.15. The maximum absolute atomic E-state index is 11.5. The third-order valence-corrected chi connectivity index (χ3v) is 3.12. The number of thiazole rings is 1. The standard InChI is InChI=1S/C8H12BrN3O2S/c1-14-5(3-10)2-7(13)12-8-11-4-6(9)15-8/h4-5H,2-3,10H2,1H3,(H,11,12,13). The molecule has 1 aromatic heterocycles. The first-order valence-corrected chi connectivity index (χ1v) is 5.90. The second kappa shape index (κ2) is 6.16. The molecule has 84 valence electrons. The Bertz CT molecular complexity index is 327. The van der Waals surface area contributed by atoms with Crippen LogP contribution in [-0.4, -0.2) is 30.6 Å². The van der Waals surface area contributed by atoms with Gasteiger partial charge in [-0.3, -0.25) is 4.79 Å². The molecule has 1 amide bonds. The van der Waals surface area contributed by atoms with Crippen LogP contribution in [0.3, 0.4) is 0 Å². The molecule has 0 aliphatic heterocycles. The highest BCUT2D eigenvalue weighted by atomic mass is 79.9. The Balaban J connectivity index is 2.42. The van der Waals surface area contributed by atoms with Crippen molar-refractivity contribution < 1.29 is 9.53 Å². The molecular weight excluding hydrogens is 282 g/mol. The molecule has 0 aliphatic carbocycles. The SMILES string of the molecule is COC(CN)CC(=O)Nc1ncc(Br)s1. The number of nitrogens with zero attached hydrogens (tertiary/aromatic N) is 1. The van der Waals surface area contributed by atoms with Gasteiger partial charge in [-0.15, -0.1) is 0 Å². The lowest BCUT2D eigenvalue weighted by atomic mass is 10.2. The second-order valence-corrected chi connectivity index (χ2v) is 5.23. The number of rotatable bonds is 5. The normalized spacial score (nSPS) is 12.5. The highest BCUT2D eigenvalue weighted by Crippen LogP contribution is 2.23. The van der Waals surface area contributed by atoms with Crippen molar-refractivity contribution in [3.05, 3.63) is 9.98 Å². The van der Waals surface area contributed by atoms with Crippen LogP contribution in [0, 0.1) is 0 Å². The highest BCUT2D eigenvalue weighted by molar-refractivity contribution is 9.11. The van der Waals surface area contributed by atoms with Gasteiger partial charge in [0.2, 0.25) is 5.91 Å². The van der Waals surface area contributed by atoms with Crippen molar-refractivity contribution in [2.45, 2.75) is 12.5 Å². The Hall–Kier alpha value is -0.500. The van der Waals surface area contributed by atoms with E-state index in [4.69, 9.17) is 10.5 Å². The summed E-state index contributed by atoms with van der Waals surface area (Å²) in [6.45, 7) is 0.325. The molecule has 1 unspecified atom stereocenters. The molecule has 5 nitrogen and oxygen atoms in total. The molecule has 1 rings (SSSR count). The molecule has 0 fully saturated rings. The molecule has 0 aromatic carbocycles. The summed E-state index contributed by atoms with van der Waals surface area (Å²) in [6.07, 6.45) is 1.63. The summed E-state index contributed by atoms with van der Waals surface area (Å²) in [5.74, 6) is -0.144. The number of nitrogens with one attached hydrogen (secondary N) is 1. The number of methoxy groups -OCH3 is 1. The summed E-state index contributed by atoms with van der Waals surface area (Å²) in [5.41, 5.74) is 5.40. The smallest absolute Gasteiger partial charge is 0.228 e. The van der Waals surface area contributed by atoms with E-state index < -0.39 is 0 Å². The van der Waals surface area contributed by atoms with Crippen molar-refractivity contribution in [1.29, 1.82) is 0 Å². The van der Waals surface area contributed by atoms with Crippen molar-refractivity contribution in [3.8, 4) is 0 Å². The first kappa shape index (κ1) is 12.6. The van der Waals surface area contributed by atoms with Crippen LogP contribution in [0.2, 0.25) is 0 Å². The third kappa shape index (κ3) is 4.25. The van der Waals surface area contributed by atoms with Gasteiger partial charge in [-0.05, 0) is 15.9 Å². The zero-order chi connectivity index (χ0) is 11.3. The topological polar surface area (TPSA) is 77.2 Å². The number of carbonyl (C=O) groups is 1. The minimum Gasteiger partial charge on any atom is -0.380 e.